The lowest BCUT2D eigenvalue weighted by Gasteiger charge is -2.34. The van der Waals surface area contributed by atoms with Crippen LogP contribution in [0.25, 0.3) is 0 Å². The summed E-state index contributed by atoms with van der Waals surface area (Å²) in [4.78, 5) is 29.3. The summed E-state index contributed by atoms with van der Waals surface area (Å²) in [6.07, 6.45) is 0.244. The molecule has 0 radical (unpaired) electrons. The van der Waals surface area contributed by atoms with Gasteiger partial charge in [0.25, 0.3) is 0 Å². The average Bonchev–Trinajstić information content (AvgIpc) is 3.23. The molecule has 2 fully saturated rings. The second kappa shape index (κ2) is 11.2. The van der Waals surface area contributed by atoms with Crippen molar-refractivity contribution in [3.05, 3.63) is 35.4 Å². The van der Waals surface area contributed by atoms with Crippen molar-refractivity contribution in [2.24, 2.45) is 5.92 Å². The molecule has 1 aromatic rings. The Bertz CT molecular complexity index is 958. The lowest BCUT2D eigenvalue weighted by Crippen LogP contribution is -2.52. The second-order valence-electron chi connectivity index (χ2n) is 12.1. The molecule has 1 aromatic carbocycles. The molecule has 0 spiro atoms. The first-order valence-electron chi connectivity index (χ1n) is 13.1. The monoisotopic (exact) mass is 524 g/mol. The molecule has 0 saturated carbocycles. The number of carbonyl (C=O) groups is 2. The van der Waals surface area contributed by atoms with Crippen LogP contribution in [0.5, 0.6) is 0 Å². The minimum Gasteiger partial charge on any atom is -0.444 e. The molecule has 2 amide bonds. The highest BCUT2D eigenvalue weighted by Gasteiger charge is 2.55. The van der Waals surface area contributed by atoms with Gasteiger partial charge in [0.05, 0.1) is 24.7 Å². The molecule has 0 N–H and O–H groups in total. The van der Waals surface area contributed by atoms with Gasteiger partial charge < -0.3 is 19.1 Å². The third-order valence-electron chi connectivity index (χ3n) is 6.78. The summed E-state index contributed by atoms with van der Waals surface area (Å²) in [6, 6.07) is 2.34. The zero-order valence-corrected chi connectivity index (χ0v) is 23.3. The summed E-state index contributed by atoms with van der Waals surface area (Å²) < 4.78 is 46.4. The molecule has 37 heavy (non-hydrogen) atoms. The van der Waals surface area contributed by atoms with Crippen LogP contribution in [0.15, 0.2) is 18.2 Å². The van der Waals surface area contributed by atoms with E-state index in [0.717, 1.165) is 12.5 Å². The fraction of sp³-hybridized carbons (Fsp3) is 0.714. The Kier molecular flexibility index (Phi) is 8.90. The Balaban J connectivity index is 1.95. The zero-order chi connectivity index (χ0) is 27.7. The molecule has 3 rings (SSSR count). The van der Waals surface area contributed by atoms with E-state index in [1.165, 1.54) is 19.1 Å². The van der Waals surface area contributed by atoms with E-state index in [1.807, 2.05) is 0 Å². The van der Waals surface area contributed by atoms with Gasteiger partial charge in [0.15, 0.2) is 0 Å². The smallest absolute Gasteiger partial charge is 0.410 e. The molecule has 9 heteroatoms. The van der Waals surface area contributed by atoms with E-state index >= 15 is 0 Å². The summed E-state index contributed by atoms with van der Waals surface area (Å²) in [6.45, 7) is 15.6. The lowest BCUT2D eigenvalue weighted by atomic mass is 9.94. The molecule has 2 aliphatic rings. The maximum atomic E-state index is 14.0. The number of ether oxygens (including phenoxy) is 3. The fourth-order valence-corrected chi connectivity index (χ4v) is 5.40. The van der Waals surface area contributed by atoms with Crippen molar-refractivity contribution in [2.75, 3.05) is 13.2 Å². The standard InChI is InChI=1S/C28H42F2N2O5/c1-17(2)9-10-35-22-15-23(31(16-22)26(34)37-27(4,5)6)25-24(32(18(3)33)28(7,8)36-25)13-19-11-20(29)14-21(30)12-19/h11-12,14,17,22-25H,9-10,13,15-16H2,1-8H3/t22-,23-,24+,25-/m1/s1. The van der Waals surface area contributed by atoms with Crippen LogP contribution in [0, 0.1) is 17.6 Å². The van der Waals surface area contributed by atoms with Gasteiger partial charge in [0.1, 0.15) is 29.1 Å². The van der Waals surface area contributed by atoms with Crippen LogP contribution >= 0.6 is 0 Å². The van der Waals surface area contributed by atoms with E-state index < -0.39 is 47.2 Å². The normalized spacial score (nSPS) is 25.7. The van der Waals surface area contributed by atoms with Crippen molar-refractivity contribution in [1.29, 1.82) is 0 Å². The summed E-state index contributed by atoms with van der Waals surface area (Å²) in [5, 5.41) is 0. The number of hydrogen-bond donors (Lipinski definition) is 0. The number of hydrogen-bond acceptors (Lipinski definition) is 5. The van der Waals surface area contributed by atoms with Crippen molar-refractivity contribution >= 4 is 12.0 Å². The van der Waals surface area contributed by atoms with E-state index in [2.05, 4.69) is 13.8 Å². The first-order valence-corrected chi connectivity index (χ1v) is 13.1. The van der Waals surface area contributed by atoms with Crippen molar-refractivity contribution in [1.82, 2.24) is 9.80 Å². The third-order valence-corrected chi connectivity index (χ3v) is 6.78. The van der Waals surface area contributed by atoms with Gasteiger partial charge in [-0.2, -0.15) is 0 Å². The number of benzene rings is 1. The fourth-order valence-electron chi connectivity index (χ4n) is 5.40. The maximum Gasteiger partial charge on any atom is 0.410 e. The molecule has 7 nitrogen and oxygen atoms in total. The molecule has 2 heterocycles. The largest absolute Gasteiger partial charge is 0.444 e. The van der Waals surface area contributed by atoms with Crippen LogP contribution in [0.3, 0.4) is 0 Å². The molecular formula is C28H42F2N2O5. The molecular weight excluding hydrogens is 482 g/mol. The highest BCUT2D eigenvalue weighted by molar-refractivity contribution is 5.75. The molecule has 208 valence electrons. The second-order valence-corrected chi connectivity index (χ2v) is 12.1. The first kappa shape index (κ1) is 29.3. The van der Waals surface area contributed by atoms with Crippen molar-refractivity contribution < 1.29 is 32.6 Å². The number of carbonyl (C=O) groups excluding carboxylic acids is 2. The molecule has 0 unspecified atom stereocenters. The van der Waals surface area contributed by atoms with Gasteiger partial charge in [-0.05, 0) is 77.5 Å². The predicted molar refractivity (Wildman–Crippen MR) is 136 cm³/mol. The molecule has 0 aliphatic carbocycles. The Hall–Kier alpha value is -2.26. The van der Waals surface area contributed by atoms with Crippen LogP contribution in [0.4, 0.5) is 13.6 Å². The zero-order valence-electron chi connectivity index (χ0n) is 23.3. The average molecular weight is 525 g/mol. The molecule has 0 aromatic heterocycles. The SMILES string of the molecule is CC(=O)N1[C@@H](Cc2cc(F)cc(F)c2)[C@@H]([C@H]2C[C@@H](OCCC(C)C)CN2C(=O)OC(C)(C)C)OC1(C)C. The van der Waals surface area contributed by atoms with Gasteiger partial charge in [0.2, 0.25) is 5.91 Å². The van der Waals surface area contributed by atoms with Crippen LogP contribution < -0.4 is 0 Å². The molecule has 0 bridgehead atoms. The van der Waals surface area contributed by atoms with Crippen molar-refractivity contribution in [2.45, 2.75) is 110 Å². The highest BCUT2D eigenvalue weighted by Crippen LogP contribution is 2.40. The van der Waals surface area contributed by atoms with Gasteiger partial charge in [-0.1, -0.05) is 13.8 Å². The quantitative estimate of drug-likeness (QED) is 0.484. The molecule has 4 atom stereocenters. The van der Waals surface area contributed by atoms with Crippen LogP contribution in [0.2, 0.25) is 0 Å². The molecule has 2 aliphatic heterocycles. The van der Waals surface area contributed by atoms with Gasteiger partial charge in [0, 0.05) is 19.6 Å². The summed E-state index contributed by atoms with van der Waals surface area (Å²) >= 11 is 0. The van der Waals surface area contributed by atoms with Gasteiger partial charge in [-0.25, -0.2) is 13.6 Å². The topological polar surface area (TPSA) is 68.3 Å². The first-order chi connectivity index (χ1) is 17.1. The van der Waals surface area contributed by atoms with E-state index in [-0.39, 0.29) is 18.4 Å². The minimum atomic E-state index is -0.983. The Morgan fingerprint density at radius 2 is 1.78 bits per heavy atom. The summed E-state index contributed by atoms with van der Waals surface area (Å²) in [5.41, 5.74) is -1.27. The van der Waals surface area contributed by atoms with Crippen molar-refractivity contribution in [3.8, 4) is 0 Å². The summed E-state index contributed by atoms with van der Waals surface area (Å²) in [5.74, 6) is -1.11. The third kappa shape index (κ3) is 7.41. The highest BCUT2D eigenvalue weighted by atomic mass is 19.1. The maximum absolute atomic E-state index is 14.0. The van der Waals surface area contributed by atoms with Crippen LogP contribution in [0.1, 0.15) is 73.8 Å². The van der Waals surface area contributed by atoms with E-state index in [0.29, 0.717) is 31.1 Å². The lowest BCUT2D eigenvalue weighted by molar-refractivity contribution is -0.145. The Labute approximate surface area is 219 Å². The van der Waals surface area contributed by atoms with Crippen molar-refractivity contribution in [3.63, 3.8) is 0 Å². The summed E-state index contributed by atoms with van der Waals surface area (Å²) in [7, 11) is 0. The number of nitrogens with zero attached hydrogens (tertiary/aromatic N) is 2. The predicted octanol–water partition coefficient (Wildman–Crippen LogP) is 5.30. The number of likely N-dealkylation sites (tertiary alicyclic amines) is 1. The van der Waals surface area contributed by atoms with Crippen LogP contribution in [-0.4, -0.2) is 70.6 Å². The van der Waals surface area contributed by atoms with Gasteiger partial charge in [-0.15, -0.1) is 0 Å². The number of rotatable bonds is 7. The Morgan fingerprint density at radius 1 is 1.16 bits per heavy atom. The number of halogens is 2. The van der Waals surface area contributed by atoms with E-state index in [9.17, 15) is 18.4 Å². The van der Waals surface area contributed by atoms with E-state index in [1.54, 1.807) is 44.4 Å². The minimum absolute atomic E-state index is 0.167. The molecule has 2 saturated heterocycles. The van der Waals surface area contributed by atoms with Gasteiger partial charge in [-0.3, -0.25) is 9.69 Å². The van der Waals surface area contributed by atoms with Crippen LogP contribution in [-0.2, 0) is 25.4 Å². The van der Waals surface area contributed by atoms with Gasteiger partial charge >= 0.3 is 6.09 Å². The van der Waals surface area contributed by atoms with E-state index in [4.69, 9.17) is 14.2 Å². The Morgan fingerprint density at radius 3 is 2.32 bits per heavy atom. The number of amides is 2.